The maximum Gasteiger partial charge on any atom is 0.417 e. The fourth-order valence-corrected chi connectivity index (χ4v) is 1.98. The van der Waals surface area contributed by atoms with Crippen molar-refractivity contribution >= 4 is 10.9 Å². The first-order valence-corrected chi connectivity index (χ1v) is 5.65. The average molecular weight is 262 g/mol. The molecular weight excluding hydrogens is 253 g/mol. The molecular formula is C14H9F3N2. The summed E-state index contributed by atoms with van der Waals surface area (Å²) in [6.07, 6.45) is -1.71. The third-order valence-corrected chi connectivity index (χ3v) is 2.92. The van der Waals surface area contributed by atoms with Crippen LogP contribution in [0.15, 0.2) is 54.9 Å². The summed E-state index contributed by atoms with van der Waals surface area (Å²) in [7, 11) is 0. The number of fused-ring (bicyclic) bond motifs is 1. The lowest BCUT2D eigenvalue weighted by atomic mass is 10.2. The van der Waals surface area contributed by atoms with Crippen molar-refractivity contribution in [1.29, 1.82) is 0 Å². The number of nitrogens with zero attached hydrogens (tertiary/aromatic N) is 2. The van der Waals surface area contributed by atoms with Crippen molar-refractivity contribution in [2.24, 2.45) is 0 Å². The van der Waals surface area contributed by atoms with Crippen molar-refractivity contribution in [3.8, 4) is 5.82 Å². The minimum Gasteiger partial charge on any atom is -0.301 e. The molecule has 2 aromatic heterocycles. The highest BCUT2D eigenvalue weighted by atomic mass is 19.4. The van der Waals surface area contributed by atoms with E-state index in [4.69, 9.17) is 0 Å². The number of alkyl halides is 3. The van der Waals surface area contributed by atoms with E-state index in [9.17, 15) is 13.2 Å². The summed E-state index contributed by atoms with van der Waals surface area (Å²) in [5.74, 6) is 0.467. The van der Waals surface area contributed by atoms with E-state index in [0.29, 0.717) is 5.82 Å². The van der Waals surface area contributed by atoms with Gasteiger partial charge < -0.3 is 4.57 Å². The second-order valence-electron chi connectivity index (χ2n) is 4.15. The molecule has 0 saturated carbocycles. The maximum atomic E-state index is 12.5. The molecule has 0 aliphatic heterocycles. The summed E-state index contributed by atoms with van der Waals surface area (Å²) in [6, 6.07) is 11.9. The number of aromatic nitrogens is 2. The van der Waals surface area contributed by atoms with Gasteiger partial charge in [0.25, 0.3) is 0 Å². The Kier molecular flexibility index (Phi) is 2.55. The van der Waals surface area contributed by atoms with Gasteiger partial charge in [-0.2, -0.15) is 13.2 Å². The van der Waals surface area contributed by atoms with Crippen LogP contribution in [-0.2, 0) is 6.18 Å². The molecule has 0 amide bonds. The molecule has 1 aromatic carbocycles. The van der Waals surface area contributed by atoms with Gasteiger partial charge in [-0.1, -0.05) is 18.2 Å². The van der Waals surface area contributed by atoms with Crippen molar-refractivity contribution in [1.82, 2.24) is 9.55 Å². The van der Waals surface area contributed by atoms with Crippen LogP contribution in [0.2, 0.25) is 0 Å². The molecule has 5 heteroatoms. The van der Waals surface area contributed by atoms with Gasteiger partial charge in [-0.15, -0.1) is 0 Å². The number of para-hydroxylation sites is 1. The first kappa shape index (κ1) is 11.8. The predicted octanol–water partition coefficient (Wildman–Crippen LogP) is 4.04. The van der Waals surface area contributed by atoms with Crippen LogP contribution in [0.25, 0.3) is 16.7 Å². The molecule has 0 radical (unpaired) electrons. The van der Waals surface area contributed by atoms with Crippen LogP contribution in [-0.4, -0.2) is 9.55 Å². The van der Waals surface area contributed by atoms with Gasteiger partial charge in [-0.05, 0) is 29.7 Å². The Bertz CT molecular complexity index is 711. The lowest BCUT2D eigenvalue weighted by Crippen LogP contribution is -2.06. The quantitative estimate of drug-likeness (QED) is 0.647. The zero-order valence-electron chi connectivity index (χ0n) is 9.72. The Morgan fingerprint density at radius 3 is 2.42 bits per heavy atom. The molecule has 0 aliphatic carbocycles. The van der Waals surface area contributed by atoms with E-state index in [-0.39, 0.29) is 0 Å². The number of pyridine rings is 1. The number of hydrogen-bond donors (Lipinski definition) is 0. The second kappa shape index (κ2) is 4.12. The molecule has 3 rings (SSSR count). The standard InChI is InChI=1S/C14H9F3N2/c15-14(16,17)11-5-6-13(18-9-11)19-8-7-10-3-1-2-4-12(10)19/h1-9H. The monoisotopic (exact) mass is 262 g/mol. The highest BCUT2D eigenvalue weighted by Crippen LogP contribution is 2.29. The van der Waals surface area contributed by atoms with Crippen LogP contribution in [0, 0.1) is 0 Å². The molecule has 3 aromatic rings. The molecule has 0 bridgehead atoms. The van der Waals surface area contributed by atoms with Crippen LogP contribution < -0.4 is 0 Å². The molecule has 2 heterocycles. The lowest BCUT2D eigenvalue weighted by molar-refractivity contribution is -0.137. The Hall–Kier alpha value is -2.30. The van der Waals surface area contributed by atoms with Crippen LogP contribution in [0.3, 0.4) is 0 Å². The maximum absolute atomic E-state index is 12.5. The second-order valence-corrected chi connectivity index (χ2v) is 4.15. The van der Waals surface area contributed by atoms with Crippen LogP contribution >= 0.6 is 0 Å². The van der Waals surface area contributed by atoms with Crippen LogP contribution in [0.4, 0.5) is 13.2 Å². The van der Waals surface area contributed by atoms with Gasteiger partial charge in [0.15, 0.2) is 0 Å². The van der Waals surface area contributed by atoms with Crippen LogP contribution in [0.5, 0.6) is 0 Å². The fraction of sp³-hybridized carbons (Fsp3) is 0.0714. The molecule has 2 nitrogen and oxygen atoms in total. The molecule has 0 saturated heterocycles. The minimum atomic E-state index is -4.36. The molecule has 0 fully saturated rings. The van der Waals surface area contributed by atoms with E-state index >= 15 is 0 Å². The van der Waals surface area contributed by atoms with Crippen molar-refractivity contribution < 1.29 is 13.2 Å². The van der Waals surface area contributed by atoms with E-state index in [1.54, 1.807) is 10.8 Å². The van der Waals surface area contributed by atoms with Gasteiger partial charge in [0.2, 0.25) is 0 Å². The van der Waals surface area contributed by atoms with E-state index in [0.717, 1.165) is 23.2 Å². The zero-order valence-corrected chi connectivity index (χ0v) is 9.72. The largest absolute Gasteiger partial charge is 0.417 e. The van der Waals surface area contributed by atoms with Gasteiger partial charge >= 0.3 is 6.18 Å². The predicted molar refractivity (Wildman–Crippen MR) is 66.1 cm³/mol. The smallest absolute Gasteiger partial charge is 0.301 e. The Labute approximate surface area is 107 Å². The first-order chi connectivity index (χ1) is 9.05. The van der Waals surface area contributed by atoms with Gasteiger partial charge in [0.1, 0.15) is 5.82 Å². The SMILES string of the molecule is FC(F)(F)c1ccc(-n2ccc3ccccc32)nc1. The molecule has 96 valence electrons. The van der Waals surface area contributed by atoms with E-state index in [1.807, 2.05) is 30.3 Å². The summed E-state index contributed by atoms with van der Waals surface area (Å²) < 4.78 is 39.2. The van der Waals surface area contributed by atoms with Gasteiger partial charge in [-0.25, -0.2) is 4.98 Å². The molecule has 0 spiro atoms. The summed E-state index contributed by atoms with van der Waals surface area (Å²) in [5, 5.41) is 1.02. The van der Waals surface area contributed by atoms with E-state index in [2.05, 4.69) is 4.98 Å². The van der Waals surface area contributed by atoms with Gasteiger partial charge in [0.05, 0.1) is 11.1 Å². The Morgan fingerprint density at radius 1 is 0.947 bits per heavy atom. The summed E-state index contributed by atoms with van der Waals surface area (Å²) >= 11 is 0. The Morgan fingerprint density at radius 2 is 1.74 bits per heavy atom. The molecule has 19 heavy (non-hydrogen) atoms. The van der Waals surface area contributed by atoms with E-state index in [1.165, 1.54) is 6.07 Å². The zero-order chi connectivity index (χ0) is 13.5. The minimum absolute atomic E-state index is 0.467. The van der Waals surface area contributed by atoms with Crippen molar-refractivity contribution in [3.05, 3.63) is 60.4 Å². The van der Waals surface area contributed by atoms with Crippen molar-refractivity contribution in [2.45, 2.75) is 6.18 Å². The van der Waals surface area contributed by atoms with Gasteiger partial charge in [0, 0.05) is 12.4 Å². The number of hydrogen-bond acceptors (Lipinski definition) is 1. The molecule has 0 atom stereocenters. The lowest BCUT2D eigenvalue weighted by Gasteiger charge is -2.08. The highest BCUT2D eigenvalue weighted by molar-refractivity contribution is 5.81. The topological polar surface area (TPSA) is 17.8 Å². The number of rotatable bonds is 1. The van der Waals surface area contributed by atoms with Crippen LogP contribution in [0.1, 0.15) is 5.56 Å². The summed E-state index contributed by atoms with van der Waals surface area (Å²) in [6.45, 7) is 0. The normalized spacial score (nSPS) is 11.9. The number of halogens is 3. The molecule has 0 unspecified atom stereocenters. The van der Waals surface area contributed by atoms with Gasteiger partial charge in [-0.3, -0.25) is 0 Å². The molecule has 0 aliphatic rings. The molecule has 0 N–H and O–H groups in total. The average Bonchev–Trinajstić information content (AvgIpc) is 2.82. The first-order valence-electron chi connectivity index (χ1n) is 5.65. The third-order valence-electron chi connectivity index (χ3n) is 2.92. The fourth-order valence-electron chi connectivity index (χ4n) is 1.98. The van der Waals surface area contributed by atoms with Crippen molar-refractivity contribution in [2.75, 3.05) is 0 Å². The third kappa shape index (κ3) is 2.07. The summed E-state index contributed by atoms with van der Waals surface area (Å²) in [4.78, 5) is 3.88. The Balaban J connectivity index is 2.07. The number of benzene rings is 1. The van der Waals surface area contributed by atoms with Crippen molar-refractivity contribution in [3.63, 3.8) is 0 Å². The summed E-state index contributed by atoms with van der Waals surface area (Å²) in [5.41, 5.74) is 0.169. The van der Waals surface area contributed by atoms with E-state index < -0.39 is 11.7 Å². The highest BCUT2D eigenvalue weighted by Gasteiger charge is 2.30.